The van der Waals surface area contributed by atoms with Gasteiger partial charge in [-0.15, -0.1) is 0 Å². The Balaban J connectivity index is 2.40. The van der Waals surface area contributed by atoms with Crippen LogP contribution in [-0.2, 0) is 10.2 Å². The molecule has 0 saturated carbocycles. The van der Waals surface area contributed by atoms with Crippen molar-refractivity contribution < 1.29 is 12.8 Å². The summed E-state index contributed by atoms with van der Waals surface area (Å²) in [6.45, 7) is 0. The molecule has 0 bridgehead atoms. The Morgan fingerprint density at radius 2 is 2.20 bits per heavy atom. The van der Waals surface area contributed by atoms with Gasteiger partial charge in [0.1, 0.15) is 0 Å². The minimum Gasteiger partial charge on any atom is -0.288 e. The van der Waals surface area contributed by atoms with E-state index in [2.05, 4.69) is 9.12 Å². The highest BCUT2D eigenvalue weighted by Gasteiger charge is 2.34. The number of halogens is 1. The number of amidine groups is 1. The van der Waals surface area contributed by atoms with Gasteiger partial charge in [0, 0.05) is 5.02 Å². The maximum atomic E-state index is 11.2. The maximum absolute atomic E-state index is 11.2. The predicted molar refractivity (Wildman–Crippen MR) is 56.4 cm³/mol. The molecule has 0 aliphatic carbocycles. The van der Waals surface area contributed by atoms with Crippen molar-refractivity contribution in [3.63, 3.8) is 0 Å². The standard InChI is InChI=1S/C8H8ClN3O2S/c9-6-3-1-2-5(4-6)7-8(10)12-15(13,14)11-7/h1-4,7,11H,(H2,10,12)/p+1/t7-/m1/s1. The lowest BCUT2D eigenvalue weighted by Crippen LogP contribution is -2.76. The van der Waals surface area contributed by atoms with Crippen molar-refractivity contribution in [1.29, 1.82) is 0 Å². The van der Waals surface area contributed by atoms with E-state index in [0.717, 1.165) is 0 Å². The Morgan fingerprint density at radius 1 is 1.47 bits per heavy atom. The first-order valence-corrected chi connectivity index (χ1v) is 6.02. The van der Waals surface area contributed by atoms with Crippen LogP contribution in [0.3, 0.4) is 0 Å². The fourth-order valence-electron chi connectivity index (χ4n) is 1.40. The summed E-state index contributed by atoms with van der Waals surface area (Å²) in [7, 11) is -3.51. The first-order valence-electron chi connectivity index (χ1n) is 4.16. The second-order valence-corrected chi connectivity index (χ2v) is 5.05. The third-order valence-corrected chi connectivity index (χ3v) is 3.30. The van der Waals surface area contributed by atoms with E-state index in [1.807, 2.05) is 0 Å². The zero-order valence-electron chi connectivity index (χ0n) is 7.57. The summed E-state index contributed by atoms with van der Waals surface area (Å²) < 4.78 is 26.8. The molecule has 0 radical (unpaired) electrons. The summed E-state index contributed by atoms with van der Waals surface area (Å²) in [4.78, 5) is 0. The lowest BCUT2D eigenvalue weighted by Gasteiger charge is -2.06. The van der Waals surface area contributed by atoms with Crippen molar-refractivity contribution in [2.45, 2.75) is 6.04 Å². The zero-order valence-corrected chi connectivity index (χ0v) is 9.14. The molecule has 1 aliphatic rings. The van der Waals surface area contributed by atoms with E-state index in [1.54, 1.807) is 24.3 Å². The van der Waals surface area contributed by atoms with E-state index in [1.165, 1.54) is 0 Å². The number of benzene rings is 1. The second-order valence-electron chi connectivity index (χ2n) is 3.17. The Labute approximate surface area is 92.1 Å². The molecule has 5 nitrogen and oxygen atoms in total. The maximum Gasteiger partial charge on any atom is 0.371 e. The number of hydrogen-bond donors (Lipinski definition) is 3. The minimum atomic E-state index is -3.51. The third-order valence-electron chi connectivity index (χ3n) is 2.02. The SMILES string of the molecule is NC1=[NH+]S(=O)(=O)N[C@@H]1c1cccc(Cl)c1. The Bertz CT molecular complexity index is 526. The lowest BCUT2D eigenvalue weighted by atomic mass is 10.1. The van der Waals surface area contributed by atoms with Crippen molar-refractivity contribution in [2.75, 3.05) is 0 Å². The van der Waals surface area contributed by atoms with Crippen LogP contribution in [0.5, 0.6) is 0 Å². The topological polar surface area (TPSA) is 86.2 Å². The first kappa shape index (κ1) is 10.4. The van der Waals surface area contributed by atoms with E-state index >= 15 is 0 Å². The van der Waals surface area contributed by atoms with Crippen molar-refractivity contribution in [3.8, 4) is 0 Å². The highest BCUT2D eigenvalue weighted by Crippen LogP contribution is 2.18. The van der Waals surface area contributed by atoms with Gasteiger partial charge in [-0.25, -0.2) is 0 Å². The molecule has 0 spiro atoms. The van der Waals surface area contributed by atoms with Gasteiger partial charge in [0.2, 0.25) is 0 Å². The molecular formula is C8H9ClN3O2S+. The van der Waals surface area contributed by atoms with Crippen molar-refractivity contribution >= 4 is 27.6 Å². The molecule has 7 heteroatoms. The van der Waals surface area contributed by atoms with Gasteiger partial charge in [-0.2, -0.15) is 17.5 Å². The van der Waals surface area contributed by atoms with Crippen LogP contribution in [0.4, 0.5) is 0 Å². The number of rotatable bonds is 1. The highest BCUT2D eigenvalue weighted by molar-refractivity contribution is 7.83. The quantitative estimate of drug-likeness (QED) is 0.574. The molecule has 15 heavy (non-hydrogen) atoms. The minimum absolute atomic E-state index is 0.150. The highest BCUT2D eigenvalue weighted by atomic mass is 35.5. The predicted octanol–water partition coefficient (Wildman–Crippen LogP) is -1.33. The van der Waals surface area contributed by atoms with E-state index in [9.17, 15) is 8.42 Å². The molecule has 1 aliphatic heterocycles. The van der Waals surface area contributed by atoms with Crippen molar-refractivity contribution in [3.05, 3.63) is 34.9 Å². The fraction of sp³-hybridized carbons (Fsp3) is 0.125. The zero-order chi connectivity index (χ0) is 11.1. The van der Waals surface area contributed by atoms with Crippen LogP contribution in [0, 0.1) is 0 Å². The molecule has 2 rings (SSSR count). The number of nitrogens with one attached hydrogen (secondary N) is 2. The summed E-state index contributed by atoms with van der Waals surface area (Å²) >= 11 is 5.79. The summed E-state index contributed by atoms with van der Waals surface area (Å²) in [5.74, 6) is 0.150. The average molecular weight is 247 g/mol. The molecule has 4 N–H and O–H groups in total. The molecule has 1 aromatic carbocycles. The van der Waals surface area contributed by atoms with E-state index in [4.69, 9.17) is 17.3 Å². The third kappa shape index (κ3) is 2.11. The molecule has 1 atom stereocenters. The molecular weight excluding hydrogens is 238 g/mol. The van der Waals surface area contributed by atoms with Crippen molar-refractivity contribution in [1.82, 2.24) is 4.72 Å². The van der Waals surface area contributed by atoms with Gasteiger partial charge >= 0.3 is 10.2 Å². The van der Waals surface area contributed by atoms with E-state index in [0.29, 0.717) is 10.6 Å². The molecule has 0 fully saturated rings. The van der Waals surface area contributed by atoms with Crippen LogP contribution in [0.15, 0.2) is 24.3 Å². The smallest absolute Gasteiger partial charge is 0.288 e. The van der Waals surface area contributed by atoms with Gasteiger partial charge in [0.05, 0.1) is 0 Å². The molecule has 1 aromatic rings. The summed E-state index contributed by atoms with van der Waals surface area (Å²) in [5, 5.41) is 0.534. The summed E-state index contributed by atoms with van der Waals surface area (Å²) in [6, 6.07) is 6.29. The first-order chi connectivity index (χ1) is 6.98. The average Bonchev–Trinajstić information content (AvgIpc) is 2.40. The lowest BCUT2D eigenvalue weighted by molar-refractivity contribution is -0.265. The van der Waals surface area contributed by atoms with Crippen LogP contribution in [0.25, 0.3) is 0 Å². The van der Waals surface area contributed by atoms with Crippen LogP contribution in [0.2, 0.25) is 5.02 Å². The Morgan fingerprint density at radius 3 is 2.73 bits per heavy atom. The summed E-state index contributed by atoms with van der Waals surface area (Å²) in [5.41, 5.74) is 6.26. The van der Waals surface area contributed by atoms with Gasteiger partial charge in [0.25, 0.3) is 5.84 Å². The molecule has 0 unspecified atom stereocenters. The van der Waals surface area contributed by atoms with Gasteiger partial charge in [-0.3, -0.25) is 5.73 Å². The fourth-order valence-corrected chi connectivity index (χ4v) is 2.66. The van der Waals surface area contributed by atoms with Gasteiger partial charge in [-0.1, -0.05) is 23.7 Å². The molecule has 0 aromatic heterocycles. The molecule has 0 saturated heterocycles. The van der Waals surface area contributed by atoms with Gasteiger partial charge in [-0.05, 0) is 17.7 Å². The van der Waals surface area contributed by atoms with E-state index in [-0.39, 0.29) is 5.84 Å². The van der Waals surface area contributed by atoms with Gasteiger partial charge < -0.3 is 0 Å². The Kier molecular flexibility index (Phi) is 2.41. The van der Waals surface area contributed by atoms with Gasteiger partial charge in [0.15, 0.2) is 6.04 Å². The number of nitrogens with two attached hydrogens (primary N) is 1. The van der Waals surface area contributed by atoms with E-state index < -0.39 is 16.3 Å². The van der Waals surface area contributed by atoms with Crippen molar-refractivity contribution in [2.24, 2.45) is 5.73 Å². The number of hydrogen-bond acceptors (Lipinski definition) is 3. The monoisotopic (exact) mass is 246 g/mol. The van der Waals surface area contributed by atoms with Crippen LogP contribution in [0.1, 0.15) is 11.6 Å². The van der Waals surface area contributed by atoms with Crippen LogP contribution in [-0.4, -0.2) is 14.3 Å². The van der Waals surface area contributed by atoms with Crippen LogP contribution < -0.4 is 14.9 Å². The normalized spacial score (nSPS) is 23.8. The van der Waals surface area contributed by atoms with Crippen LogP contribution >= 0.6 is 11.6 Å². The largest absolute Gasteiger partial charge is 0.371 e. The summed E-state index contributed by atoms with van der Waals surface area (Å²) in [6.07, 6.45) is 0. The molecule has 80 valence electrons. The second kappa shape index (κ2) is 3.48. The molecule has 0 amide bonds. The Hall–Kier alpha value is -1.11. The molecule has 1 heterocycles.